The van der Waals surface area contributed by atoms with Gasteiger partial charge in [0.15, 0.2) is 11.5 Å². The lowest BCUT2D eigenvalue weighted by Gasteiger charge is -2.14. The van der Waals surface area contributed by atoms with Crippen LogP contribution in [0.15, 0.2) is 36.4 Å². The number of carbonyl (C=O) groups is 1. The Morgan fingerprint density at radius 2 is 1.68 bits per heavy atom. The van der Waals surface area contributed by atoms with Crippen molar-refractivity contribution in [2.75, 3.05) is 13.2 Å². The van der Waals surface area contributed by atoms with Crippen molar-refractivity contribution in [3.63, 3.8) is 0 Å². The van der Waals surface area contributed by atoms with Crippen molar-refractivity contribution in [1.82, 2.24) is 10.6 Å². The SMILES string of the molecule is CCCOc1ccc(C(=O)NCc2ccc3c(c2)CNC3)cc1OCCC.Cl. The fourth-order valence-electron chi connectivity index (χ4n) is 3.05. The van der Waals surface area contributed by atoms with Crippen LogP contribution >= 0.6 is 12.4 Å². The highest BCUT2D eigenvalue weighted by Gasteiger charge is 2.13. The van der Waals surface area contributed by atoms with Crippen LogP contribution in [0, 0.1) is 0 Å². The predicted molar refractivity (Wildman–Crippen MR) is 113 cm³/mol. The minimum atomic E-state index is -0.114. The maximum Gasteiger partial charge on any atom is 0.251 e. The molecule has 152 valence electrons. The maximum atomic E-state index is 12.6. The molecule has 2 aromatic carbocycles. The third-order valence-electron chi connectivity index (χ3n) is 4.48. The van der Waals surface area contributed by atoms with Gasteiger partial charge in [-0.1, -0.05) is 32.0 Å². The lowest BCUT2D eigenvalue weighted by Crippen LogP contribution is -2.23. The Morgan fingerprint density at radius 3 is 2.43 bits per heavy atom. The molecular weight excluding hydrogens is 376 g/mol. The van der Waals surface area contributed by atoms with Crippen LogP contribution in [0.4, 0.5) is 0 Å². The zero-order chi connectivity index (χ0) is 19.1. The Hall–Kier alpha value is -2.24. The first-order valence-electron chi connectivity index (χ1n) is 9.70. The smallest absolute Gasteiger partial charge is 0.251 e. The second-order valence-electron chi connectivity index (χ2n) is 6.75. The molecule has 1 amide bonds. The summed E-state index contributed by atoms with van der Waals surface area (Å²) in [5, 5.41) is 6.33. The summed E-state index contributed by atoms with van der Waals surface area (Å²) in [7, 11) is 0. The second-order valence-corrected chi connectivity index (χ2v) is 6.75. The molecule has 0 aliphatic carbocycles. The number of carbonyl (C=O) groups excluding carboxylic acids is 1. The van der Waals surface area contributed by atoms with Crippen molar-refractivity contribution in [3.8, 4) is 11.5 Å². The van der Waals surface area contributed by atoms with E-state index in [1.807, 2.05) is 6.07 Å². The Bertz CT molecular complexity index is 795. The van der Waals surface area contributed by atoms with Gasteiger partial charge in [-0.3, -0.25) is 4.79 Å². The number of ether oxygens (including phenoxy) is 2. The first-order chi connectivity index (χ1) is 13.2. The van der Waals surface area contributed by atoms with Crippen LogP contribution in [0.5, 0.6) is 11.5 Å². The summed E-state index contributed by atoms with van der Waals surface area (Å²) in [5.74, 6) is 1.20. The quantitative estimate of drug-likeness (QED) is 0.657. The largest absolute Gasteiger partial charge is 0.490 e. The summed E-state index contributed by atoms with van der Waals surface area (Å²) >= 11 is 0. The molecule has 0 fully saturated rings. The van der Waals surface area contributed by atoms with Crippen molar-refractivity contribution in [2.24, 2.45) is 0 Å². The van der Waals surface area contributed by atoms with Gasteiger partial charge in [0.25, 0.3) is 5.91 Å². The molecule has 1 aliphatic rings. The van der Waals surface area contributed by atoms with Gasteiger partial charge in [0.2, 0.25) is 0 Å². The van der Waals surface area contributed by atoms with E-state index in [0.717, 1.165) is 31.5 Å². The molecule has 0 radical (unpaired) electrons. The number of benzene rings is 2. The Morgan fingerprint density at radius 1 is 0.964 bits per heavy atom. The zero-order valence-electron chi connectivity index (χ0n) is 16.5. The molecule has 0 aromatic heterocycles. The number of hydrogen-bond donors (Lipinski definition) is 2. The standard InChI is InChI=1S/C22H28N2O3.ClH/c1-3-9-26-20-8-7-17(12-21(20)27-10-4-2)22(25)24-13-16-5-6-18-14-23-15-19(18)11-16;/h5-8,11-12,23H,3-4,9-10,13-15H2,1-2H3,(H,24,25);1H. The van der Waals surface area contributed by atoms with Gasteiger partial charge in [0, 0.05) is 25.2 Å². The monoisotopic (exact) mass is 404 g/mol. The van der Waals surface area contributed by atoms with Crippen molar-refractivity contribution >= 4 is 18.3 Å². The number of hydrogen-bond acceptors (Lipinski definition) is 4. The third kappa shape index (κ3) is 5.63. The lowest BCUT2D eigenvalue weighted by atomic mass is 10.1. The van der Waals surface area contributed by atoms with Crippen LogP contribution in [0.3, 0.4) is 0 Å². The number of fused-ring (bicyclic) bond motifs is 1. The average molecular weight is 405 g/mol. The number of amides is 1. The second kappa shape index (κ2) is 10.9. The molecule has 28 heavy (non-hydrogen) atoms. The van der Waals surface area contributed by atoms with Crippen LogP contribution < -0.4 is 20.1 Å². The Kier molecular flexibility index (Phi) is 8.61. The van der Waals surface area contributed by atoms with E-state index in [2.05, 4.69) is 42.7 Å². The molecule has 0 atom stereocenters. The predicted octanol–water partition coefficient (Wildman–Crippen LogP) is 4.22. The molecule has 6 heteroatoms. The highest BCUT2D eigenvalue weighted by Crippen LogP contribution is 2.29. The first-order valence-corrected chi connectivity index (χ1v) is 9.70. The molecule has 2 N–H and O–H groups in total. The molecule has 5 nitrogen and oxygen atoms in total. The summed E-state index contributed by atoms with van der Waals surface area (Å²) in [5.41, 5.74) is 4.34. The maximum absolute atomic E-state index is 12.6. The summed E-state index contributed by atoms with van der Waals surface area (Å²) in [6, 6.07) is 11.7. The first kappa shape index (κ1) is 22.1. The van der Waals surface area contributed by atoms with Gasteiger partial charge in [-0.05, 0) is 47.7 Å². The molecule has 0 saturated carbocycles. The molecular formula is C22H29ClN2O3. The summed E-state index contributed by atoms with van der Waals surface area (Å²) in [6.45, 7) is 7.66. The summed E-state index contributed by atoms with van der Waals surface area (Å²) < 4.78 is 11.5. The van der Waals surface area contributed by atoms with Gasteiger partial charge in [-0.15, -0.1) is 12.4 Å². The fraction of sp³-hybridized carbons (Fsp3) is 0.409. The topological polar surface area (TPSA) is 59.6 Å². The zero-order valence-corrected chi connectivity index (χ0v) is 17.4. The van der Waals surface area contributed by atoms with Gasteiger partial charge < -0.3 is 20.1 Å². The number of rotatable bonds is 9. The Labute approximate surface area is 173 Å². The van der Waals surface area contributed by atoms with Crippen molar-refractivity contribution < 1.29 is 14.3 Å². The molecule has 0 bridgehead atoms. The van der Waals surface area contributed by atoms with E-state index >= 15 is 0 Å². The van der Waals surface area contributed by atoms with Gasteiger partial charge in [0.1, 0.15) is 0 Å². The van der Waals surface area contributed by atoms with Crippen LogP contribution in [-0.2, 0) is 19.6 Å². The van der Waals surface area contributed by atoms with E-state index in [0.29, 0.717) is 36.8 Å². The fourth-order valence-corrected chi connectivity index (χ4v) is 3.05. The number of nitrogens with one attached hydrogen (secondary N) is 2. The minimum absolute atomic E-state index is 0. The molecule has 0 saturated heterocycles. The van der Waals surface area contributed by atoms with Crippen molar-refractivity contribution in [3.05, 3.63) is 58.7 Å². The summed E-state index contributed by atoms with van der Waals surface area (Å²) in [4.78, 5) is 12.6. The molecule has 0 unspecified atom stereocenters. The Balaban J connectivity index is 0.00000280. The van der Waals surface area contributed by atoms with Crippen LogP contribution in [0.2, 0.25) is 0 Å². The van der Waals surface area contributed by atoms with E-state index in [9.17, 15) is 4.79 Å². The molecule has 0 spiro atoms. The van der Waals surface area contributed by atoms with E-state index in [4.69, 9.17) is 9.47 Å². The van der Waals surface area contributed by atoms with E-state index in [-0.39, 0.29) is 18.3 Å². The average Bonchev–Trinajstić information content (AvgIpc) is 3.17. The van der Waals surface area contributed by atoms with E-state index < -0.39 is 0 Å². The van der Waals surface area contributed by atoms with E-state index in [1.165, 1.54) is 11.1 Å². The van der Waals surface area contributed by atoms with Crippen molar-refractivity contribution in [2.45, 2.75) is 46.3 Å². The summed E-state index contributed by atoms with van der Waals surface area (Å²) in [6.07, 6.45) is 1.82. The van der Waals surface area contributed by atoms with Crippen LogP contribution in [0.25, 0.3) is 0 Å². The van der Waals surface area contributed by atoms with E-state index in [1.54, 1.807) is 12.1 Å². The van der Waals surface area contributed by atoms with Gasteiger partial charge in [-0.2, -0.15) is 0 Å². The number of halogens is 1. The molecule has 1 aliphatic heterocycles. The highest BCUT2D eigenvalue weighted by atomic mass is 35.5. The highest BCUT2D eigenvalue weighted by molar-refractivity contribution is 5.94. The normalized spacial score (nSPS) is 12.1. The van der Waals surface area contributed by atoms with Crippen LogP contribution in [0.1, 0.15) is 53.7 Å². The third-order valence-corrected chi connectivity index (χ3v) is 4.48. The molecule has 2 aromatic rings. The lowest BCUT2D eigenvalue weighted by molar-refractivity contribution is 0.0950. The molecule has 3 rings (SSSR count). The van der Waals surface area contributed by atoms with Gasteiger partial charge in [0.05, 0.1) is 13.2 Å². The molecule has 1 heterocycles. The van der Waals surface area contributed by atoms with Crippen molar-refractivity contribution in [1.29, 1.82) is 0 Å². The van der Waals surface area contributed by atoms with Gasteiger partial charge >= 0.3 is 0 Å². The van der Waals surface area contributed by atoms with Gasteiger partial charge in [-0.25, -0.2) is 0 Å². The van der Waals surface area contributed by atoms with Crippen LogP contribution in [-0.4, -0.2) is 19.1 Å². The minimum Gasteiger partial charge on any atom is -0.490 e.